The van der Waals surface area contributed by atoms with E-state index < -0.39 is 6.29 Å². The Balaban J connectivity index is 1.19. The number of amides is 1. The third-order valence-corrected chi connectivity index (χ3v) is 8.82. The van der Waals surface area contributed by atoms with Gasteiger partial charge in [0.1, 0.15) is 0 Å². The first-order chi connectivity index (χ1) is 22.1. The van der Waals surface area contributed by atoms with Gasteiger partial charge in [-0.25, -0.2) is 0 Å². The predicted molar refractivity (Wildman–Crippen MR) is 175 cm³/mol. The van der Waals surface area contributed by atoms with Crippen LogP contribution >= 0.6 is 0 Å². The van der Waals surface area contributed by atoms with E-state index in [0.717, 1.165) is 59.4 Å². The molecule has 234 valence electrons. The fourth-order valence-electron chi connectivity index (χ4n) is 6.32. The Kier molecular flexibility index (Phi) is 10.7. The minimum absolute atomic E-state index is 0.0278. The molecule has 7 nitrogen and oxygen atoms in total. The Morgan fingerprint density at radius 2 is 1.58 bits per heavy atom. The summed E-state index contributed by atoms with van der Waals surface area (Å²) in [7, 11) is 0. The van der Waals surface area contributed by atoms with Crippen molar-refractivity contribution in [2.45, 2.75) is 70.2 Å². The number of hydrogen-bond donors (Lipinski definition) is 2. The van der Waals surface area contributed by atoms with E-state index in [1.807, 2.05) is 24.3 Å². The fourth-order valence-corrected chi connectivity index (χ4v) is 6.32. The van der Waals surface area contributed by atoms with Gasteiger partial charge in [0.2, 0.25) is 0 Å². The lowest BCUT2D eigenvalue weighted by molar-refractivity contribution is -0.253. The van der Waals surface area contributed by atoms with Crippen molar-refractivity contribution in [2.24, 2.45) is 0 Å². The summed E-state index contributed by atoms with van der Waals surface area (Å²) in [6.45, 7) is 3.59. The van der Waals surface area contributed by atoms with Crippen molar-refractivity contribution < 1.29 is 19.4 Å². The molecule has 0 radical (unpaired) electrons. The summed E-state index contributed by atoms with van der Waals surface area (Å²) in [6, 6.07) is 28.2. The van der Waals surface area contributed by atoms with Crippen LogP contribution in [0.1, 0.15) is 83.5 Å². The molecule has 2 N–H and O–H groups in total. The number of benzene rings is 3. The van der Waals surface area contributed by atoms with Gasteiger partial charge in [0.15, 0.2) is 6.29 Å². The Hall–Kier alpha value is -3.88. The van der Waals surface area contributed by atoms with Crippen LogP contribution in [0.25, 0.3) is 11.1 Å². The van der Waals surface area contributed by atoms with Crippen LogP contribution in [0.5, 0.6) is 0 Å². The van der Waals surface area contributed by atoms with Gasteiger partial charge in [-0.2, -0.15) is 0 Å². The molecule has 6 rings (SSSR count). The third kappa shape index (κ3) is 8.44. The van der Waals surface area contributed by atoms with Gasteiger partial charge in [0.05, 0.1) is 24.4 Å². The average molecular weight is 606 g/mol. The van der Waals surface area contributed by atoms with Crippen LogP contribution in [0.4, 0.5) is 0 Å². The minimum Gasteiger partial charge on any atom is -0.392 e. The SMILES string of the molecule is O=C(NCc1cccc(-c2cccc([C@H]3O[C@@H](CN4CCCCCCC4)C[C@@H](c4ccc(CO)cc4)O3)c2)c1)c1cccnc1. The lowest BCUT2D eigenvalue weighted by Gasteiger charge is -2.39. The van der Waals surface area contributed by atoms with Gasteiger partial charge in [-0.1, -0.05) is 79.9 Å². The molecule has 0 bridgehead atoms. The number of aliphatic hydroxyl groups is 1. The standard InChI is InChI=1S/C38H43N3O4/c42-27-28-14-16-30(17-15-28)36-23-35(26-41-19-4-2-1-3-5-20-41)44-38(45-36)33-12-7-11-32(22-33)31-10-6-9-29(21-31)24-40-37(43)34-13-8-18-39-25-34/h6-18,21-22,25,35-36,38,42H,1-5,19-20,23-24,26-27H2,(H,40,43)/t35-,36+,38+/m1/s1. The summed E-state index contributed by atoms with van der Waals surface area (Å²) in [5.74, 6) is -0.145. The lowest BCUT2D eigenvalue weighted by Crippen LogP contribution is -2.40. The molecule has 4 aromatic rings. The van der Waals surface area contributed by atoms with Crippen LogP contribution in [0, 0.1) is 0 Å². The zero-order valence-corrected chi connectivity index (χ0v) is 25.8. The lowest BCUT2D eigenvalue weighted by atomic mass is 9.98. The summed E-state index contributed by atoms with van der Waals surface area (Å²) in [6.07, 6.45) is 9.89. The Labute approximate surface area is 266 Å². The van der Waals surface area contributed by atoms with Gasteiger partial charge >= 0.3 is 0 Å². The fraction of sp³-hybridized carbons (Fsp3) is 0.368. The molecular formula is C38H43N3O4. The monoisotopic (exact) mass is 605 g/mol. The second kappa shape index (κ2) is 15.4. The number of aliphatic hydroxyl groups excluding tert-OH is 1. The molecule has 1 amide bonds. The van der Waals surface area contributed by atoms with Gasteiger partial charge in [0, 0.05) is 37.5 Å². The van der Waals surface area contributed by atoms with E-state index in [-0.39, 0.29) is 24.7 Å². The van der Waals surface area contributed by atoms with E-state index in [9.17, 15) is 9.90 Å². The van der Waals surface area contributed by atoms with Gasteiger partial charge in [0.25, 0.3) is 5.91 Å². The molecule has 0 saturated carbocycles. The maximum absolute atomic E-state index is 12.5. The normalized spacial score (nSPS) is 21.0. The Bertz CT molecular complexity index is 1520. The molecule has 2 aliphatic heterocycles. The van der Waals surface area contributed by atoms with Crippen LogP contribution in [-0.4, -0.2) is 46.6 Å². The number of nitrogens with zero attached hydrogens (tertiary/aromatic N) is 2. The van der Waals surface area contributed by atoms with Crippen molar-refractivity contribution in [2.75, 3.05) is 19.6 Å². The van der Waals surface area contributed by atoms with Crippen LogP contribution in [0.15, 0.2) is 97.3 Å². The molecule has 2 fully saturated rings. The molecule has 0 spiro atoms. The predicted octanol–water partition coefficient (Wildman–Crippen LogP) is 6.98. The Morgan fingerprint density at radius 3 is 2.33 bits per heavy atom. The molecular weight excluding hydrogens is 562 g/mol. The van der Waals surface area contributed by atoms with Gasteiger partial charge in [-0.3, -0.25) is 9.78 Å². The van der Waals surface area contributed by atoms with Crippen LogP contribution in [-0.2, 0) is 22.6 Å². The van der Waals surface area contributed by atoms with Gasteiger partial charge in [-0.15, -0.1) is 0 Å². The number of hydrogen-bond acceptors (Lipinski definition) is 6. The van der Waals surface area contributed by atoms with E-state index in [4.69, 9.17) is 9.47 Å². The molecule has 3 heterocycles. The molecule has 7 heteroatoms. The third-order valence-electron chi connectivity index (χ3n) is 8.82. The number of rotatable bonds is 9. The number of nitrogens with one attached hydrogen (secondary N) is 1. The van der Waals surface area contributed by atoms with E-state index in [2.05, 4.69) is 63.7 Å². The molecule has 3 atom stereocenters. The first kappa shape index (κ1) is 31.1. The van der Waals surface area contributed by atoms with Crippen molar-refractivity contribution in [3.05, 3.63) is 125 Å². The van der Waals surface area contributed by atoms with Crippen molar-refractivity contribution in [1.82, 2.24) is 15.2 Å². The molecule has 45 heavy (non-hydrogen) atoms. The molecule has 2 saturated heterocycles. The highest BCUT2D eigenvalue weighted by Gasteiger charge is 2.33. The van der Waals surface area contributed by atoms with Crippen LogP contribution < -0.4 is 5.32 Å². The highest BCUT2D eigenvalue weighted by atomic mass is 16.7. The maximum atomic E-state index is 12.5. The molecule has 0 aliphatic carbocycles. The second-order valence-corrected chi connectivity index (χ2v) is 12.2. The molecule has 2 aliphatic rings. The van der Waals surface area contributed by atoms with Crippen molar-refractivity contribution in [1.29, 1.82) is 0 Å². The van der Waals surface area contributed by atoms with Crippen molar-refractivity contribution in [3.8, 4) is 11.1 Å². The van der Waals surface area contributed by atoms with E-state index >= 15 is 0 Å². The summed E-state index contributed by atoms with van der Waals surface area (Å²) in [5.41, 5.74) is 6.67. The summed E-state index contributed by atoms with van der Waals surface area (Å²) in [5, 5.41) is 12.6. The quantitative estimate of drug-likeness (QED) is 0.214. The minimum atomic E-state index is -0.497. The second-order valence-electron chi connectivity index (χ2n) is 12.2. The smallest absolute Gasteiger partial charge is 0.253 e. The van der Waals surface area contributed by atoms with Crippen molar-refractivity contribution in [3.63, 3.8) is 0 Å². The van der Waals surface area contributed by atoms with Crippen LogP contribution in [0.2, 0.25) is 0 Å². The topological polar surface area (TPSA) is 83.9 Å². The van der Waals surface area contributed by atoms with Gasteiger partial charge in [-0.05, 0) is 78.0 Å². The average Bonchev–Trinajstić information content (AvgIpc) is 3.09. The molecule has 0 unspecified atom stereocenters. The zero-order chi connectivity index (χ0) is 30.8. The van der Waals surface area contributed by atoms with Gasteiger partial charge < -0.3 is 24.8 Å². The summed E-state index contributed by atoms with van der Waals surface area (Å²) in [4.78, 5) is 19.2. The molecule has 3 aromatic carbocycles. The largest absolute Gasteiger partial charge is 0.392 e. The van der Waals surface area contributed by atoms with Crippen molar-refractivity contribution >= 4 is 5.91 Å². The number of pyridine rings is 1. The number of carbonyl (C=O) groups is 1. The number of ether oxygens (including phenoxy) is 2. The number of carbonyl (C=O) groups excluding carboxylic acids is 1. The zero-order valence-electron chi connectivity index (χ0n) is 25.8. The Morgan fingerprint density at radius 1 is 0.822 bits per heavy atom. The highest BCUT2D eigenvalue weighted by Crippen LogP contribution is 2.39. The highest BCUT2D eigenvalue weighted by molar-refractivity contribution is 5.93. The van der Waals surface area contributed by atoms with Crippen LogP contribution in [0.3, 0.4) is 0 Å². The summed E-state index contributed by atoms with van der Waals surface area (Å²) < 4.78 is 13.4. The van der Waals surface area contributed by atoms with E-state index in [1.54, 1.807) is 24.5 Å². The van der Waals surface area contributed by atoms with E-state index in [0.29, 0.717) is 12.1 Å². The van der Waals surface area contributed by atoms with E-state index in [1.165, 1.54) is 32.1 Å². The number of aromatic nitrogens is 1. The first-order valence-electron chi connectivity index (χ1n) is 16.2. The summed E-state index contributed by atoms with van der Waals surface area (Å²) >= 11 is 0. The number of likely N-dealkylation sites (tertiary alicyclic amines) is 1. The maximum Gasteiger partial charge on any atom is 0.253 e. The first-order valence-corrected chi connectivity index (χ1v) is 16.2. The molecule has 1 aromatic heterocycles.